The molecule has 3 aromatic rings. The summed E-state index contributed by atoms with van der Waals surface area (Å²) in [6.07, 6.45) is 0. The van der Waals surface area contributed by atoms with Gasteiger partial charge in [0, 0.05) is 28.0 Å². The summed E-state index contributed by atoms with van der Waals surface area (Å²) in [5.74, 6) is 0.750. The Morgan fingerprint density at radius 2 is 1.77 bits per heavy atom. The van der Waals surface area contributed by atoms with Crippen LogP contribution in [-0.2, 0) is 11.3 Å². The minimum Gasteiger partial charge on any atom is -0.493 e. The number of methoxy groups -OCH3 is 1. The van der Waals surface area contributed by atoms with Crippen LogP contribution >= 0.6 is 23.2 Å². The Morgan fingerprint density at radius 3 is 2.52 bits per heavy atom. The molecule has 0 saturated heterocycles. The normalized spacial score (nSPS) is 10.5. The van der Waals surface area contributed by atoms with Crippen LogP contribution in [0.1, 0.15) is 16.7 Å². The van der Waals surface area contributed by atoms with E-state index in [1.54, 1.807) is 25.3 Å². The van der Waals surface area contributed by atoms with Crippen molar-refractivity contribution in [1.29, 1.82) is 0 Å². The fourth-order valence-electron chi connectivity index (χ4n) is 2.95. The molecule has 7 heteroatoms. The highest BCUT2D eigenvalue weighted by molar-refractivity contribution is 6.32. The van der Waals surface area contributed by atoms with Gasteiger partial charge in [-0.25, -0.2) is 0 Å². The molecule has 0 fully saturated rings. The predicted octanol–water partition coefficient (Wildman–Crippen LogP) is 6.25. The zero-order chi connectivity index (χ0) is 22.4. The minimum absolute atomic E-state index is 0.152. The van der Waals surface area contributed by atoms with Gasteiger partial charge in [-0.05, 0) is 66.9 Å². The second kappa shape index (κ2) is 10.4. The number of aryl methyl sites for hydroxylation is 1. The molecule has 0 unspecified atom stereocenters. The van der Waals surface area contributed by atoms with Gasteiger partial charge in [0.15, 0.2) is 18.1 Å². The lowest BCUT2D eigenvalue weighted by atomic mass is 10.1. The lowest BCUT2D eigenvalue weighted by Gasteiger charge is -2.14. The lowest BCUT2D eigenvalue weighted by molar-refractivity contribution is -0.118. The van der Waals surface area contributed by atoms with Crippen LogP contribution in [0.3, 0.4) is 0 Å². The first kappa shape index (κ1) is 22.8. The van der Waals surface area contributed by atoms with Gasteiger partial charge < -0.3 is 20.1 Å². The number of ether oxygens (including phenoxy) is 2. The number of carbonyl (C=O) groups is 1. The highest BCUT2D eigenvalue weighted by atomic mass is 35.5. The summed E-state index contributed by atoms with van der Waals surface area (Å²) >= 11 is 12.3. The fourth-order valence-corrected chi connectivity index (χ4v) is 3.30. The van der Waals surface area contributed by atoms with Gasteiger partial charge in [-0.3, -0.25) is 4.79 Å². The van der Waals surface area contributed by atoms with Crippen LogP contribution in [0, 0.1) is 13.8 Å². The third-order valence-electron chi connectivity index (χ3n) is 4.79. The number of hydrogen-bond donors (Lipinski definition) is 2. The summed E-state index contributed by atoms with van der Waals surface area (Å²) in [7, 11) is 1.56. The largest absolute Gasteiger partial charge is 0.493 e. The van der Waals surface area contributed by atoms with Crippen LogP contribution < -0.4 is 20.1 Å². The topological polar surface area (TPSA) is 59.6 Å². The van der Waals surface area contributed by atoms with Crippen molar-refractivity contribution in [2.45, 2.75) is 20.4 Å². The zero-order valence-corrected chi connectivity index (χ0v) is 19.1. The Kier molecular flexibility index (Phi) is 7.66. The van der Waals surface area contributed by atoms with Crippen LogP contribution in [0.25, 0.3) is 0 Å². The number of anilines is 2. The van der Waals surface area contributed by atoms with Gasteiger partial charge in [-0.1, -0.05) is 41.4 Å². The minimum atomic E-state index is -0.288. The van der Waals surface area contributed by atoms with Gasteiger partial charge in [0.1, 0.15) is 0 Å². The Morgan fingerprint density at radius 1 is 0.968 bits per heavy atom. The molecule has 0 radical (unpaired) electrons. The SMILES string of the molecule is COc1cc(CNc2cccc(Cl)c2C)ccc1OCC(=O)Nc1ccc(C)c(Cl)c1. The third kappa shape index (κ3) is 6.06. The van der Waals surface area contributed by atoms with E-state index in [-0.39, 0.29) is 12.5 Å². The monoisotopic (exact) mass is 458 g/mol. The van der Waals surface area contributed by atoms with Crippen molar-refractivity contribution < 1.29 is 14.3 Å². The quantitative estimate of drug-likeness (QED) is 0.418. The number of benzene rings is 3. The van der Waals surface area contributed by atoms with E-state index in [4.69, 9.17) is 32.7 Å². The molecule has 0 aliphatic carbocycles. The average Bonchev–Trinajstić information content (AvgIpc) is 2.76. The fraction of sp³-hybridized carbons (Fsp3) is 0.208. The molecular weight excluding hydrogens is 435 g/mol. The molecule has 0 bridgehead atoms. The number of nitrogens with one attached hydrogen (secondary N) is 2. The van der Waals surface area contributed by atoms with E-state index < -0.39 is 0 Å². The van der Waals surface area contributed by atoms with E-state index in [1.165, 1.54) is 0 Å². The molecule has 3 rings (SSSR count). The van der Waals surface area contributed by atoms with E-state index in [9.17, 15) is 4.79 Å². The molecule has 3 aromatic carbocycles. The van der Waals surface area contributed by atoms with Crippen LogP contribution in [0.2, 0.25) is 10.0 Å². The molecule has 0 atom stereocenters. The van der Waals surface area contributed by atoms with Gasteiger partial charge in [0.2, 0.25) is 0 Å². The van der Waals surface area contributed by atoms with Crippen molar-refractivity contribution in [3.63, 3.8) is 0 Å². The van der Waals surface area contributed by atoms with Crippen molar-refractivity contribution in [1.82, 2.24) is 0 Å². The Labute approximate surface area is 192 Å². The maximum atomic E-state index is 12.2. The number of halogens is 2. The highest BCUT2D eigenvalue weighted by Gasteiger charge is 2.10. The van der Waals surface area contributed by atoms with Gasteiger partial charge in [-0.15, -0.1) is 0 Å². The van der Waals surface area contributed by atoms with E-state index in [0.29, 0.717) is 28.8 Å². The summed E-state index contributed by atoms with van der Waals surface area (Å²) in [6, 6.07) is 16.7. The molecule has 0 aliphatic rings. The first-order valence-electron chi connectivity index (χ1n) is 9.72. The predicted molar refractivity (Wildman–Crippen MR) is 127 cm³/mol. The summed E-state index contributed by atoms with van der Waals surface area (Å²) in [5, 5.41) is 7.45. The molecule has 0 aliphatic heterocycles. The molecule has 0 aromatic heterocycles. The maximum absolute atomic E-state index is 12.2. The van der Waals surface area contributed by atoms with Gasteiger partial charge in [-0.2, -0.15) is 0 Å². The maximum Gasteiger partial charge on any atom is 0.262 e. The van der Waals surface area contributed by atoms with E-state index in [0.717, 1.165) is 27.4 Å². The molecule has 0 spiro atoms. The van der Waals surface area contributed by atoms with Crippen molar-refractivity contribution in [2.75, 3.05) is 24.4 Å². The number of amides is 1. The second-order valence-corrected chi connectivity index (χ2v) is 7.87. The molecule has 31 heavy (non-hydrogen) atoms. The average molecular weight is 459 g/mol. The Balaban J connectivity index is 1.59. The van der Waals surface area contributed by atoms with E-state index >= 15 is 0 Å². The summed E-state index contributed by atoms with van der Waals surface area (Å²) in [6.45, 7) is 4.31. The molecule has 2 N–H and O–H groups in total. The van der Waals surface area contributed by atoms with Crippen LogP contribution in [0.4, 0.5) is 11.4 Å². The van der Waals surface area contributed by atoms with Crippen LogP contribution in [0.15, 0.2) is 54.6 Å². The van der Waals surface area contributed by atoms with Crippen molar-refractivity contribution >= 4 is 40.5 Å². The second-order valence-electron chi connectivity index (χ2n) is 7.05. The molecule has 1 amide bonds. The van der Waals surface area contributed by atoms with Crippen LogP contribution in [-0.4, -0.2) is 19.6 Å². The van der Waals surface area contributed by atoms with Gasteiger partial charge in [0.05, 0.1) is 7.11 Å². The molecule has 5 nitrogen and oxygen atoms in total. The molecule has 162 valence electrons. The number of rotatable bonds is 8. The number of carbonyl (C=O) groups excluding carboxylic acids is 1. The Bertz CT molecular complexity index is 1090. The third-order valence-corrected chi connectivity index (χ3v) is 5.61. The summed E-state index contributed by atoms with van der Waals surface area (Å²) in [5.41, 5.74) is 4.54. The summed E-state index contributed by atoms with van der Waals surface area (Å²) in [4.78, 5) is 12.2. The van der Waals surface area contributed by atoms with Crippen molar-refractivity contribution in [2.24, 2.45) is 0 Å². The molecule has 0 heterocycles. The Hall–Kier alpha value is -2.89. The standard InChI is InChI=1S/C24H24Cl2N2O3/c1-15-7-9-18(12-20(15)26)28-24(29)14-31-22-10-8-17(11-23(22)30-3)13-27-21-6-4-5-19(25)16(21)2/h4-12,27H,13-14H2,1-3H3,(H,28,29). The van der Waals surface area contributed by atoms with Crippen molar-refractivity contribution in [3.8, 4) is 11.5 Å². The lowest BCUT2D eigenvalue weighted by Crippen LogP contribution is -2.20. The van der Waals surface area contributed by atoms with Gasteiger partial charge in [0.25, 0.3) is 5.91 Å². The van der Waals surface area contributed by atoms with E-state index in [2.05, 4.69) is 10.6 Å². The molecule has 0 saturated carbocycles. The highest BCUT2D eigenvalue weighted by Crippen LogP contribution is 2.29. The molecular formula is C24H24Cl2N2O3. The van der Waals surface area contributed by atoms with Crippen molar-refractivity contribution in [3.05, 3.63) is 81.3 Å². The van der Waals surface area contributed by atoms with Gasteiger partial charge >= 0.3 is 0 Å². The van der Waals surface area contributed by atoms with E-state index in [1.807, 2.05) is 50.2 Å². The first-order chi connectivity index (χ1) is 14.9. The van der Waals surface area contributed by atoms with Crippen LogP contribution in [0.5, 0.6) is 11.5 Å². The smallest absolute Gasteiger partial charge is 0.262 e. The zero-order valence-electron chi connectivity index (χ0n) is 17.6. The summed E-state index contributed by atoms with van der Waals surface area (Å²) < 4.78 is 11.1. The number of hydrogen-bond acceptors (Lipinski definition) is 4. The first-order valence-corrected chi connectivity index (χ1v) is 10.5.